The molecule has 0 heterocycles. The first kappa shape index (κ1) is 15.7. The molecule has 0 fully saturated rings. The molecule has 0 aromatic rings. The molecule has 0 rings (SSSR count). The first-order valence-corrected chi connectivity index (χ1v) is 1.58. The maximum Gasteiger partial charge on any atom is 0.309 e. The zero-order valence-corrected chi connectivity index (χ0v) is 4.70. The van der Waals surface area contributed by atoms with E-state index >= 15 is 0 Å². The fraction of sp³-hybridized carbons (Fsp3) is 0. The molecule has 0 aromatic heterocycles. The smallest absolute Gasteiger partial charge is 0.309 e. The predicted molar refractivity (Wildman–Crippen MR) is 30.7 cm³/mol. The van der Waals surface area contributed by atoms with Crippen LogP contribution in [0.4, 0.5) is 4.79 Å². The van der Waals surface area contributed by atoms with Gasteiger partial charge in [-0.1, -0.05) is 0 Å². The average molecular weight is 132 g/mol. The molecule has 6 heteroatoms. The predicted octanol–water partition coefficient (Wildman–Crippen LogP) is -1.73. The zero-order valence-electron chi connectivity index (χ0n) is 4.70. The summed E-state index contributed by atoms with van der Waals surface area (Å²) < 4.78 is 0. The number of urea groups is 1. The Morgan fingerprint density at radius 2 is 1.44 bits per heavy atom. The molecule has 0 radical (unpaired) electrons. The molecule has 6 nitrogen and oxygen atoms in total. The van der Waals surface area contributed by atoms with E-state index in [0.717, 1.165) is 0 Å². The third-order valence-corrected chi connectivity index (χ3v) is 0. The number of amides is 2. The number of nitrogens with zero attached hydrogens (tertiary/aromatic N) is 1. The molecule has 0 aromatic carbocycles. The molecule has 0 saturated carbocycles. The van der Waals surface area contributed by atoms with E-state index in [4.69, 9.17) is 14.9 Å². The summed E-state index contributed by atoms with van der Waals surface area (Å²) in [7, 11) is 0. The highest BCUT2D eigenvalue weighted by molar-refractivity contribution is 5.69. The third-order valence-electron chi connectivity index (χ3n) is 0. The molecule has 0 unspecified atom stereocenters. The summed E-state index contributed by atoms with van der Waals surface area (Å²) in [5.74, 6) is 0. The SMILES string of the molecule is C=O.N#CN.NC(N)=O. The van der Waals surface area contributed by atoms with Crippen LogP contribution in [0.3, 0.4) is 0 Å². The number of rotatable bonds is 0. The van der Waals surface area contributed by atoms with Crippen LogP contribution in [-0.4, -0.2) is 12.8 Å². The highest BCUT2D eigenvalue weighted by Gasteiger charge is 1.60. The van der Waals surface area contributed by atoms with E-state index in [9.17, 15) is 0 Å². The topological polar surface area (TPSA) is 136 Å². The first-order valence-electron chi connectivity index (χ1n) is 1.58. The van der Waals surface area contributed by atoms with Crippen molar-refractivity contribution in [2.75, 3.05) is 0 Å². The van der Waals surface area contributed by atoms with Gasteiger partial charge in [-0.3, -0.25) is 0 Å². The molecule has 0 aliphatic heterocycles. The van der Waals surface area contributed by atoms with Crippen LogP contribution in [0.15, 0.2) is 0 Å². The standard InChI is InChI=1S/CH4N2O.CH2N2.CH2O/c2-1(3)4;2-1-3;1-2/h(H4,2,3,4);2H2;1H2. The second kappa shape index (κ2) is 34.3. The Balaban J connectivity index is -0.0000000646. The number of carbonyl (C=O) groups is 2. The molecular formula is C3H8N4O2. The largest absolute Gasteiger partial charge is 0.352 e. The van der Waals surface area contributed by atoms with Crippen molar-refractivity contribution < 1.29 is 9.59 Å². The van der Waals surface area contributed by atoms with Crippen LogP contribution in [0.5, 0.6) is 0 Å². The summed E-state index contributed by atoms with van der Waals surface area (Å²) in [5, 5.41) is 7.10. The van der Waals surface area contributed by atoms with Gasteiger partial charge >= 0.3 is 6.03 Å². The van der Waals surface area contributed by atoms with Crippen molar-refractivity contribution in [3.8, 4) is 6.19 Å². The number of hydrogen-bond acceptors (Lipinski definition) is 4. The summed E-state index contributed by atoms with van der Waals surface area (Å²) in [4.78, 5) is 17.0. The van der Waals surface area contributed by atoms with Gasteiger partial charge in [-0.15, -0.1) is 0 Å². The van der Waals surface area contributed by atoms with Gasteiger partial charge in [-0.25, -0.2) is 4.79 Å². The van der Waals surface area contributed by atoms with Gasteiger partial charge < -0.3 is 22.0 Å². The number of hydrogen-bond donors (Lipinski definition) is 3. The molecule has 0 atom stereocenters. The third kappa shape index (κ3) is 35.6. The zero-order chi connectivity index (χ0) is 8.28. The van der Waals surface area contributed by atoms with Gasteiger partial charge in [0.05, 0.1) is 0 Å². The Morgan fingerprint density at radius 1 is 1.44 bits per heavy atom. The van der Waals surface area contributed by atoms with Gasteiger partial charge in [0.1, 0.15) is 6.79 Å². The van der Waals surface area contributed by atoms with Crippen LogP contribution >= 0.6 is 0 Å². The summed E-state index contributed by atoms with van der Waals surface area (Å²) in [6.45, 7) is 2.00. The average Bonchev–Trinajstić information content (AvgIpc) is 1.71. The Kier molecular flexibility index (Phi) is 59.7. The number of nitriles is 1. The Hall–Kier alpha value is -1.77. The maximum absolute atomic E-state index is 9.00. The fourth-order valence-corrected chi connectivity index (χ4v) is 0. The number of nitrogens with two attached hydrogens (primary N) is 3. The molecule has 0 aliphatic rings. The van der Waals surface area contributed by atoms with E-state index in [-0.39, 0.29) is 0 Å². The second-order valence-electron chi connectivity index (χ2n) is 0.531. The van der Waals surface area contributed by atoms with E-state index in [2.05, 4.69) is 17.2 Å². The van der Waals surface area contributed by atoms with Crippen molar-refractivity contribution in [1.82, 2.24) is 0 Å². The van der Waals surface area contributed by atoms with E-state index < -0.39 is 6.03 Å². The molecule has 0 spiro atoms. The van der Waals surface area contributed by atoms with E-state index in [1.54, 1.807) is 0 Å². The van der Waals surface area contributed by atoms with Crippen LogP contribution in [0.1, 0.15) is 0 Å². The molecule has 6 N–H and O–H groups in total. The monoisotopic (exact) mass is 132 g/mol. The molecule has 0 bridgehead atoms. The number of carbonyl (C=O) groups excluding carboxylic acids is 2. The van der Waals surface area contributed by atoms with Crippen molar-refractivity contribution in [3.63, 3.8) is 0 Å². The van der Waals surface area contributed by atoms with Gasteiger partial charge in [-0.2, -0.15) is 5.26 Å². The molecule has 0 aliphatic carbocycles. The quantitative estimate of drug-likeness (QED) is 0.266. The molecular weight excluding hydrogens is 124 g/mol. The van der Waals surface area contributed by atoms with Crippen LogP contribution in [0.25, 0.3) is 0 Å². The highest BCUT2D eigenvalue weighted by Crippen LogP contribution is 1.25. The van der Waals surface area contributed by atoms with Gasteiger partial charge in [0.15, 0.2) is 6.19 Å². The lowest BCUT2D eigenvalue weighted by Crippen LogP contribution is -2.18. The van der Waals surface area contributed by atoms with E-state index in [1.165, 1.54) is 6.19 Å². The fourth-order valence-electron chi connectivity index (χ4n) is 0. The highest BCUT2D eigenvalue weighted by atomic mass is 16.2. The van der Waals surface area contributed by atoms with Crippen molar-refractivity contribution >= 4 is 12.8 Å². The minimum absolute atomic E-state index is 0.833. The van der Waals surface area contributed by atoms with Gasteiger partial charge in [0.25, 0.3) is 0 Å². The molecule has 2 amide bonds. The van der Waals surface area contributed by atoms with Gasteiger partial charge in [0.2, 0.25) is 0 Å². The molecule has 0 saturated heterocycles. The lowest BCUT2D eigenvalue weighted by molar-refractivity contribution is -0.0979. The van der Waals surface area contributed by atoms with Gasteiger partial charge in [-0.05, 0) is 0 Å². The molecule has 9 heavy (non-hydrogen) atoms. The summed E-state index contributed by atoms with van der Waals surface area (Å²) in [5.41, 5.74) is 12.7. The summed E-state index contributed by atoms with van der Waals surface area (Å²) in [6, 6.07) is -0.833. The minimum atomic E-state index is -0.833. The normalized spacial score (nSPS) is 3.89. The molecule has 52 valence electrons. The van der Waals surface area contributed by atoms with E-state index in [1.807, 2.05) is 6.79 Å². The second-order valence-corrected chi connectivity index (χ2v) is 0.531. The Labute approximate surface area is 52.2 Å². The van der Waals surface area contributed by atoms with Crippen LogP contribution in [0, 0.1) is 11.5 Å². The van der Waals surface area contributed by atoms with Crippen LogP contribution < -0.4 is 17.2 Å². The lowest BCUT2D eigenvalue weighted by atomic mass is 11.2. The van der Waals surface area contributed by atoms with E-state index in [0.29, 0.717) is 0 Å². The van der Waals surface area contributed by atoms with Gasteiger partial charge in [0, 0.05) is 0 Å². The lowest BCUT2D eigenvalue weighted by Gasteiger charge is -1.62. The summed E-state index contributed by atoms with van der Waals surface area (Å²) >= 11 is 0. The van der Waals surface area contributed by atoms with Crippen molar-refractivity contribution in [3.05, 3.63) is 0 Å². The first-order chi connectivity index (χ1) is 4.15. The Morgan fingerprint density at radius 3 is 1.44 bits per heavy atom. The van der Waals surface area contributed by atoms with Crippen molar-refractivity contribution in [2.24, 2.45) is 17.2 Å². The van der Waals surface area contributed by atoms with Crippen molar-refractivity contribution in [1.29, 1.82) is 5.26 Å². The van der Waals surface area contributed by atoms with Crippen LogP contribution in [-0.2, 0) is 4.79 Å². The Bertz CT molecular complexity index is 92.5. The summed E-state index contributed by atoms with van der Waals surface area (Å²) in [6.07, 6.45) is 1.25. The number of primary amides is 2. The maximum atomic E-state index is 9.00. The van der Waals surface area contributed by atoms with Crippen LogP contribution in [0.2, 0.25) is 0 Å². The minimum Gasteiger partial charge on any atom is -0.352 e. The van der Waals surface area contributed by atoms with Crippen molar-refractivity contribution in [2.45, 2.75) is 0 Å².